The van der Waals surface area contributed by atoms with E-state index in [4.69, 9.17) is 5.73 Å². The van der Waals surface area contributed by atoms with Gasteiger partial charge in [0.1, 0.15) is 5.69 Å². The predicted octanol–water partition coefficient (Wildman–Crippen LogP) is 1.04. The van der Waals surface area contributed by atoms with E-state index in [0.29, 0.717) is 11.6 Å². The number of hydrogen-bond donors (Lipinski definition) is 2. The number of nitrogens with one attached hydrogen (secondary N) is 1. The van der Waals surface area contributed by atoms with E-state index in [1.807, 2.05) is 6.92 Å². The molecule has 1 aliphatic carbocycles. The molecule has 1 aromatic heterocycles. The molecule has 0 spiro atoms. The van der Waals surface area contributed by atoms with Crippen molar-refractivity contribution in [1.82, 2.24) is 9.78 Å². The first-order valence-electron chi connectivity index (χ1n) is 4.68. The third-order valence-corrected chi connectivity index (χ3v) is 2.85. The van der Waals surface area contributed by atoms with Crippen molar-refractivity contribution in [3.8, 4) is 0 Å². The fourth-order valence-corrected chi connectivity index (χ4v) is 1.66. The van der Waals surface area contributed by atoms with E-state index in [1.54, 1.807) is 4.68 Å². The van der Waals surface area contributed by atoms with Gasteiger partial charge < -0.3 is 5.73 Å². The average molecular weight is 181 g/mol. The van der Waals surface area contributed by atoms with Gasteiger partial charge in [-0.25, -0.2) is 4.68 Å². The molecule has 1 fully saturated rings. The second-order valence-electron chi connectivity index (χ2n) is 3.90. The molecule has 0 amide bonds. The van der Waals surface area contributed by atoms with E-state index in [0.717, 1.165) is 5.69 Å². The molecule has 4 nitrogen and oxygen atoms in total. The molecule has 1 aliphatic rings. The van der Waals surface area contributed by atoms with Gasteiger partial charge in [-0.2, -0.15) is 0 Å². The molecule has 0 saturated heterocycles. The van der Waals surface area contributed by atoms with Crippen LogP contribution in [0.4, 0.5) is 5.69 Å². The van der Waals surface area contributed by atoms with Crippen molar-refractivity contribution in [2.24, 2.45) is 5.92 Å². The highest BCUT2D eigenvalue weighted by Gasteiger charge is 2.30. The molecule has 0 bridgehead atoms. The van der Waals surface area contributed by atoms with Gasteiger partial charge >= 0.3 is 0 Å². The first-order valence-corrected chi connectivity index (χ1v) is 4.68. The van der Waals surface area contributed by atoms with E-state index in [9.17, 15) is 4.79 Å². The summed E-state index contributed by atoms with van der Waals surface area (Å²) in [6.07, 6.45) is 2.46. The largest absolute Gasteiger partial charge is 0.393 e. The van der Waals surface area contributed by atoms with Gasteiger partial charge in [-0.3, -0.25) is 9.89 Å². The first-order chi connectivity index (χ1) is 6.11. The van der Waals surface area contributed by atoms with Crippen LogP contribution in [-0.2, 0) is 0 Å². The van der Waals surface area contributed by atoms with Crippen LogP contribution in [0.15, 0.2) is 4.79 Å². The van der Waals surface area contributed by atoms with E-state index in [1.165, 1.54) is 12.8 Å². The number of H-pyrrole nitrogens is 1. The molecule has 2 rings (SSSR count). The Morgan fingerprint density at radius 2 is 2.23 bits per heavy atom. The van der Waals surface area contributed by atoms with Crippen LogP contribution in [0.2, 0.25) is 0 Å². The normalized spacial score (nSPS) is 18.9. The molecule has 3 N–H and O–H groups in total. The topological polar surface area (TPSA) is 63.8 Å². The van der Waals surface area contributed by atoms with Crippen molar-refractivity contribution in [2.45, 2.75) is 32.7 Å². The first kappa shape index (κ1) is 8.41. The van der Waals surface area contributed by atoms with Crippen LogP contribution in [0.5, 0.6) is 0 Å². The van der Waals surface area contributed by atoms with Crippen LogP contribution in [0.3, 0.4) is 0 Å². The van der Waals surface area contributed by atoms with Crippen LogP contribution in [0, 0.1) is 12.8 Å². The minimum Gasteiger partial charge on any atom is -0.393 e. The maximum atomic E-state index is 11.6. The molecule has 0 radical (unpaired) electrons. The standard InChI is InChI=1S/C9H15N3O/c1-5-8(10)9(13)12(11-5)6(2)7-3-4-7/h6-7,11H,3-4,10H2,1-2H3. The van der Waals surface area contributed by atoms with Crippen LogP contribution in [-0.4, -0.2) is 9.78 Å². The summed E-state index contributed by atoms with van der Waals surface area (Å²) >= 11 is 0. The van der Waals surface area contributed by atoms with Crippen molar-refractivity contribution in [1.29, 1.82) is 0 Å². The number of aryl methyl sites for hydroxylation is 1. The van der Waals surface area contributed by atoms with Crippen molar-refractivity contribution in [3.63, 3.8) is 0 Å². The summed E-state index contributed by atoms with van der Waals surface area (Å²) in [6.45, 7) is 3.89. The van der Waals surface area contributed by atoms with Gasteiger partial charge in [-0.15, -0.1) is 0 Å². The Bertz CT molecular complexity index is 373. The summed E-state index contributed by atoms with van der Waals surface area (Å²) in [5.41, 5.74) is 6.65. The molecule has 72 valence electrons. The number of aromatic amines is 1. The van der Waals surface area contributed by atoms with Gasteiger partial charge in [-0.1, -0.05) is 0 Å². The van der Waals surface area contributed by atoms with E-state index < -0.39 is 0 Å². The van der Waals surface area contributed by atoms with Crippen molar-refractivity contribution in [2.75, 3.05) is 5.73 Å². The summed E-state index contributed by atoms with van der Waals surface area (Å²) in [5.74, 6) is 0.662. The summed E-state index contributed by atoms with van der Waals surface area (Å²) in [4.78, 5) is 11.6. The number of rotatable bonds is 2. The minimum atomic E-state index is -0.0723. The van der Waals surface area contributed by atoms with Crippen LogP contribution < -0.4 is 11.3 Å². The summed E-state index contributed by atoms with van der Waals surface area (Å²) < 4.78 is 1.66. The number of nitrogens with zero attached hydrogens (tertiary/aromatic N) is 1. The lowest BCUT2D eigenvalue weighted by Crippen LogP contribution is -2.23. The Morgan fingerprint density at radius 1 is 1.62 bits per heavy atom. The SMILES string of the molecule is Cc1[nH]n(C(C)C2CC2)c(=O)c1N. The zero-order valence-corrected chi connectivity index (χ0v) is 8.00. The summed E-state index contributed by atoms with van der Waals surface area (Å²) in [6, 6.07) is 0.267. The Labute approximate surface area is 76.7 Å². The lowest BCUT2D eigenvalue weighted by atomic mass is 10.2. The molecule has 0 aromatic carbocycles. The molecule has 1 unspecified atom stereocenters. The monoisotopic (exact) mass is 181 g/mol. The lowest BCUT2D eigenvalue weighted by molar-refractivity contribution is 0.427. The second-order valence-corrected chi connectivity index (χ2v) is 3.90. The molecular formula is C9H15N3O. The predicted molar refractivity (Wildman–Crippen MR) is 51.6 cm³/mol. The third kappa shape index (κ3) is 1.26. The second kappa shape index (κ2) is 2.65. The minimum absolute atomic E-state index is 0.0723. The molecule has 13 heavy (non-hydrogen) atoms. The number of nitrogens with two attached hydrogens (primary N) is 1. The van der Waals surface area contributed by atoms with Gasteiger partial charge in [0.25, 0.3) is 5.56 Å². The Hall–Kier alpha value is -1.19. The molecule has 1 saturated carbocycles. The molecule has 1 atom stereocenters. The summed E-state index contributed by atoms with van der Waals surface area (Å²) in [7, 11) is 0. The van der Waals surface area contributed by atoms with Gasteiger partial charge in [-0.05, 0) is 32.6 Å². The van der Waals surface area contributed by atoms with Gasteiger partial charge in [0, 0.05) is 0 Å². The van der Waals surface area contributed by atoms with Crippen LogP contribution >= 0.6 is 0 Å². The molecule has 1 aromatic rings. The van der Waals surface area contributed by atoms with Gasteiger partial charge in [0.05, 0.1) is 11.7 Å². The molecule has 1 heterocycles. The molecule has 0 aliphatic heterocycles. The van der Waals surface area contributed by atoms with Crippen molar-refractivity contribution in [3.05, 3.63) is 16.0 Å². The number of aromatic nitrogens is 2. The Balaban J connectivity index is 2.39. The fourth-order valence-electron chi connectivity index (χ4n) is 1.66. The highest BCUT2D eigenvalue weighted by Crippen LogP contribution is 2.38. The maximum Gasteiger partial charge on any atom is 0.290 e. The van der Waals surface area contributed by atoms with Crippen molar-refractivity contribution >= 4 is 5.69 Å². The molecule has 4 heteroatoms. The number of nitrogen functional groups attached to an aromatic ring is 1. The van der Waals surface area contributed by atoms with Crippen LogP contribution in [0.1, 0.15) is 31.5 Å². The Kier molecular flexibility index (Phi) is 1.71. The molecular weight excluding hydrogens is 166 g/mol. The zero-order chi connectivity index (χ0) is 9.59. The highest BCUT2D eigenvalue weighted by molar-refractivity contribution is 5.39. The number of anilines is 1. The lowest BCUT2D eigenvalue weighted by Gasteiger charge is -2.09. The van der Waals surface area contributed by atoms with Crippen molar-refractivity contribution < 1.29 is 0 Å². The fraction of sp³-hybridized carbons (Fsp3) is 0.667. The van der Waals surface area contributed by atoms with E-state index in [-0.39, 0.29) is 11.6 Å². The third-order valence-electron chi connectivity index (χ3n) is 2.85. The summed E-state index contributed by atoms with van der Waals surface area (Å²) in [5, 5.41) is 3.01. The average Bonchev–Trinajstić information content (AvgIpc) is 2.89. The zero-order valence-electron chi connectivity index (χ0n) is 8.00. The maximum absolute atomic E-state index is 11.6. The number of hydrogen-bond acceptors (Lipinski definition) is 2. The van der Waals surface area contributed by atoms with Gasteiger partial charge in [0.15, 0.2) is 0 Å². The smallest absolute Gasteiger partial charge is 0.290 e. The van der Waals surface area contributed by atoms with E-state index >= 15 is 0 Å². The Morgan fingerprint density at radius 3 is 2.62 bits per heavy atom. The van der Waals surface area contributed by atoms with Gasteiger partial charge in [0.2, 0.25) is 0 Å². The quantitative estimate of drug-likeness (QED) is 0.716. The van der Waals surface area contributed by atoms with E-state index in [2.05, 4.69) is 12.0 Å². The highest BCUT2D eigenvalue weighted by atomic mass is 16.1. The van der Waals surface area contributed by atoms with Crippen LogP contribution in [0.25, 0.3) is 0 Å².